The average molecular weight is 319 g/mol. The quantitative estimate of drug-likeness (QED) is 0.923. The van der Waals surface area contributed by atoms with E-state index in [2.05, 4.69) is 0 Å². The van der Waals surface area contributed by atoms with Gasteiger partial charge in [0.1, 0.15) is 0 Å². The molecule has 2 N–H and O–H groups in total. The van der Waals surface area contributed by atoms with Crippen LogP contribution in [-0.2, 0) is 15.8 Å². The molecule has 2 rings (SSSR count). The van der Waals surface area contributed by atoms with Gasteiger partial charge in [0.05, 0.1) is 5.75 Å². The molecule has 1 atom stereocenters. The predicted molar refractivity (Wildman–Crippen MR) is 84.3 cm³/mol. The molecule has 20 heavy (non-hydrogen) atoms. The van der Waals surface area contributed by atoms with Gasteiger partial charge in [-0.25, -0.2) is 12.7 Å². The zero-order chi connectivity index (χ0) is 13.9. The summed E-state index contributed by atoms with van der Waals surface area (Å²) >= 11 is 0. The summed E-state index contributed by atoms with van der Waals surface area (Å²) in [5, 5.41) is 0. The zero-order valence-electron chi connectivity index (χ0n) is 11.7. The minimum atomic E-state index is -3.19. The summed E-state index contributed by atoms with van der Waals surface area (Å²) in [5.41, 5.74) is 6.72. The van der Waals surface area contributed by atoms with Gasteiger partial charge in [-0.05, 0) is 31.2 Å². The van der Waals surface area contributed by atoms with Crippen LogP contribution in [0.4, 0.5) is 0 Å². The highest BCUT2D eigenvalue weighted by atomic mass is 35.5. The molecule has 0 aliphatic carbocycles. The van der Waals surface area contributed by atoms with Crippen molar-refractivity contribution >= 4 is 22.4 Å². The van der Waals surface area contributed by atoms with Gasteiger partial charge in [0.2, 0.25) is 10.0 Å². The maximum atomic E-state index is 12.3. The molecule has 0 bridgehead atoms. The lowest BCUT2D eigenvalue weighted by atomic mass is 9.92. The lowest BCUT2D eigenvalue weighted by molar-refractivity contribution is 0.250. The first-order chi connectivity index (χ1) is 8.99. The van der Waals surface area contributed by atoms with Gasteiger partial charge in [-0.15, -0.1) is 12.4 Å². The average Bonchev–Trinajstić information content (AvgIpc) is 2.39. The Morgan fingerprint density at radius 1 is 1.25 bits per heavy atom. The van der Waals surface area contributed by atoms with Crippen molar-refractivity contribution in [2.24, 2.45) is 11.7 Å². The number of piperidine rings is 1. The van der Waals surface area contributed by atoms with Crippen molar-refractivity contribution in [3.63, 3.8) is 0 Å². The Hall–Kier alpha value is -0.620. The molecule has 4 nitrogen and oxygen atoms in total. The summed E-state index contributed by atoms with van der Waals surface area (Å²) in [4.78, 5) is 0. The zero-order valence-corrected chi connectivity index (χ0v) is 13.4. The van der Waals surface area contributed by atoms with Gasteiger partial charge in [-0.1, -0.05) is 30.3 Å². The molecule has 1 saturated heterocycles. The Labute approximate surface area is 127 Å². The molecular weight excluding hydrogens is 296 g/mol. The minimum absolute atomic E-state index is 0. The SMILES string of the molecule is CC(N)C1CCN(S(=O)(=O)Cc2ccccc2)CC1.Cl. The highest BCUT2D eigenvalue weighted by Crippen LogP contribution is 2.23. The maximum absolute atomic E-state index is 12.3. The highest BCUT2D eigenvalue weighted by Gasteiger charge is 2.29. The smallest absolute Gasteiger partial charge is 0.218 e. The molecule has 0 saturated carbocycles. The lowest BCUT2D eigenvalue weighted by Gasteiger charge is -2.32. The van der Waals surface area contributed by atoms with Crippen molar-refractivity contribution in [1.82, 2.24) is 4.31 Å². The molecular formula is C14H23ClN2O2S. The second-order valence-corrected chi connectivity index (χ2v) is 7.31. The summed E-state index contributed by atoms with van der Waals surface area (Å²) in [7, 11) is -3.19. The molecule has 1 heterocycles. The van der Waals surface area contributed by atoms with Crippen molar-refractivity contribution in [3.05, 3.63) is 35.9 Å². The van der Waals surface area contributed by atoms with E-state index in [1.54, 1.807) is 4.31 Å². The summed E-state index contributed by atoms with van der Waals surface area (Å²) in [6.07, 6.45) is 1.73. The molecule has 1 fully saturated rings. The molecule has 0 radical (unpaired) electrons. The van der Waals surface area contributed by atoms with Crippen LogP contribution in [0.5, 0.6) is 0 Å². The molecule has 114 valence electrons. The van der Waals surface area contributed by atoms with Crippen LogP contribution in [0.2, 0.25) is 0 Å². The van der Waals surface area contributed by atoms with Crippen LogP contribution in [0.1, 0.15) is 25.3 Å². The summed E-state index contributed by atoms with van der Waals surface area (Å²) in [6, 6.07) is 9.49. The van der Waals surface area contributed by atoms with Crippen LogP contribution in [0.15, 0.2) is 30.3 Å². The van der Waals surface area contributed by atoms with E-state index in [1.807, 2.05) is 37.3 Å². The van der Waals surface area contributed by atoms with Crippen LogP contribution in [-0.4, -0.2) is 31.9 Å². The van der Waals surface area contributed by atoms with Crippen LogP contribution in [0.25, 0.3) is 0 Å². The van der Waals surface area contributed by atoms with Gasteiger partial charge in [-0.3, -0.25) is 0 Å². The molecule has 0 spiro atoms. The Bertz CT molecular complexity index is 497. The van der Waals surface area contributed by atoms with Gasteiger partial charge < -0.3 is 5.73 Å². The number of nitrogens with two attached hydrogens (primary N) is 1. The van der Waals surface area contributed by atoms with E-state index in [0.717, 1.165) is 18.4 Å². The number of nitrogens with zero attached hydrogens (tertiary/aromatic N) is 1. The summed E-state index contributed by atoms with van der Waals surface area (Å²) < 4.78 is 26.3. The van der Waals surface area contributed by atoms with Crippen molar-refractivity contribution in [3.8, 4) is 0 Å². The molecule has 1 aromatic rings. The number of hydrogen-bond acceptors (Lipinski definition) is 3. The fourth-order valence-electron chi connectivity index (χ4n) is 2.56. The minimum Gasteiger partial charge on any atom is -0.328 e. The Morgan fingerprint density at radius 2 is 1.80 bits per heavy atom. The van der Waals surface area contributed by atoms with E-state index in [9.17, 15) is 8.42 Å². The second kappa shape index (κ2) is 7.41. The van der Waals surface area contributed by atoms with Crippen LogP contribution in [0.3, 0.4) is 0 Å². The van der Waals surface area contributed by atoms with Crippen LogP contribution in [0, 0.1) is 5.92 Å². The largest absolute Gasteiger partial charge is 0.328 e. The first-order valence-electron chi connectivity index (χ1n) is 6.76. The monoisotopic (exact) mass is 318 g/mol. The van der Waals surface area contributed by atoms with E-state index in [4.69, 9.17) is 5.73 Å². The third-order valence-electron chi connectivity index (χ3n) is 3.83. The molecule has 0 amide bonds. The fraction of sp³-hybridized carbons (Fsp3) is 0.571. The van der Waals surface area contributed by atoms with Crippen molar-refractivity contribution in [2.45, 2.75) is 31.6 Å². The second-order valence-electron chi connectivity index (χ2n) is 5.34. The van der Waals surface area contributed by atoms with E-state index in [1.165, 1.54) is 0 Å². The molecule has 1 unspecified atom stereocenters. The lowest BCUT2D eigenvalue weighted by Crippen LogP contribution is -2.42. The van der Waals surface area contributed by atoms with E-state index in [0.29, 0.717) is 19.0 Å². The van der Waals surface area contributed by atoms with Crippen molar-refractivity contribution in [2.75, 3.05) is 13.1 Å². The standard InChI is InChI=1S/C14H22N2O2S.ClH/c1-12(15)14-7-9-16(10-8-14)19(17,18)11-13-5-3-2-4-6-13;/h2-6,12,14H,7-11,15H2,1H3;1H. The predicted octanol–water partition coefficient (Wildman–Crippen LogP) is 2.00. The van der Waals surface area contributed by atoms with Crippen LogP contribution < -0.4 is 5.73 Å². The van der Waals surface area contributed by atoms with Gasteiger partial charge >= 0.3 is 0 Å². The maximum Gasteiger partial charge on any atom is 0.218 e. The molecule has 0 aromatic heterocycles. The van der Waals surface area contributed by atoms with Gasteiger partial charge in [0.25, 0.3) is 0 Å². The van der Waals surface area contributed by atoms with Gasteiger partial charge in [-0.2, -0.15) is 0 Å². The van der Waals surface area contributed by atoms with Gasteiger partial charge in [0.15, 0.2) is 0 Å². The summed E-state index contributed by atoms with van der Waals surface area (Å²) in [6.45, 7) is 3.20. The molecule has 1 aliphatic rings. The third-order valence-corrected chi connectivity index (χ3v) is 5.68. The number of benzene rings is 1. The van der Waals surface area contributed by atoms with Crippen molar-refractivity contribution in [1.29, 1.82) is 0 Å². The highest BCUT2D eigenvalue weighted by molar-refractivity contribution is 7.88. The van der Waals surface area contributed by atoms with Crippen LogP contribution >= 0.6 is 12.4 Å². The Balaban J connectivity index is 0.00000200. The Morgan fingerprint density at radius 3 is 2.30 bits per heavy atom. The number of hydrogen-bond donors (Lipinski definition) is 1. The number of sulfonamides is 1. The van der Waals surface area contributed by atoms with Gasteiger partial charge in [0, 0.05) is 19.1 Å². The third kappa shape index (κ3) is 4.45. The molecule has 6 heteroatoms. The topological polar surface area (TPSA) is 63.4 Å². The number of halogens is 1. The first-order valence-corrected chi connectivity index (χ1v) is 8.37. The van der Waals surface area contributed by atoms with E-state index in [-0.39, 0.29) is 24.2 Å². The number of rotatable bonds is 4. The fourth-order valence-corrected chi connectivity index (χ4v) is 4.12. The normalized spacial score (nSPS) is 19.3. The first kappa shape index (κ1) is 17.4. The van der Waals surface area contributed by atoms with E-state index < -0.39 is 10.0 Å². The molecule has 1 aromatic carbocycles. The van der Waals surface area contributed by atoms with E-state index >= 15 is 0 Å². The summed E-state index contributed by atoms with van der Waals surface area (Å²) in [5.74, 6) is 0.541. The van der Waals surface area contributed by atoms with Crippen molar-refractivity contribution < 1.29 is 8.42 Å². The molecule has 1 aliphatic heterocycles. The Kier molecular flexibility index (Phi) is 6.45.